The predicted octanol–water partition coefficient (Wildman–Crippen LogP) is 1.97. The van der Waals surface area contributed by atoms with Gasteiger partial charge in [0.05, 0.1) is 19.0 Å². The van der Waals surface area contributed by atoms with Crippen LogP contribution in [0.2, 0.25) is 0 Å². The van der Waals surface area contributed by atoms with E-state index in [1.807, 2.05) is 0 Å². The molecule has 1 aromatic rings. The van der Waals surface area contributed by atoms with E-state index < -0.39 is 0 Å². The second-order valence-corrected chi connectivity index (χ2v) is 5.18. The molecule has 5 nitrogen and oxygen atoms in total. The van der Waals surface area contributed by atoms with Crippen molar-refractivity contribution in [3.8, 4) is 5.88 Å². The fourth-order valence-electron chi connectivity index (χ4n) is 2.54. The van der Waals surface area contributed by atoms with E-state index in [4.69, 9.17) is 10.5 Å². The number of aromatic nitrogens is 2. The van der Waals surface area contributed by atoms with E-state index >= 15 is 0 Å². The van der Waals surface area contributed by atoms with Crippen LogP contribution >= 0.6 is 0 Å². The molecule has 5 heteroatoms. The maximum absolute atomic E-state index is 6.09. The van der Waals surface area contributed by atoms with Crippen molar-refractivity contribution in [3.05, 3.63) is 12.4 Å². The normalized spacial score (nSPS) is 21.2. The van der Waals surface area contributed by atoms with Gasteiger partial charge >= 0.3 is 0 Å². The third kappa shape index (κ3) is 3.56. The topological polar surface area (TPSA) is 64.3 Å². The number of hydrogen-bond donors (Lipinski definition) is 1. The molecule has 0 radical (unpaired) electrons. The molecule has 106 valence electrons. The van der Waals surface area contributed by atoms with Gasteiger partial charge in [-0.15, -0.1) is 0 Å². The molecule has 0 saturated carbocycles. The molecule has 2 heterocycles. The lowest BCUT2D eigenvalue weighted by atomic mass is 9.97. The Hall–Kier alpha value is -1.36. The molecule has 1 saturated heterocycles. The molecule has 0 aromatic carbocycles. The van der Waals surface area contributed by atoms with Gasteiger partial charge in [-0.1, -0.05) is 6.92 Å². The van der Waals surface area contributed by atoms with E-state index in [0.29, 0.717) is 18.5 Å². The summed E-state index contributed by atoms with van der Waals surface area (Å²) in [5.41, 5.74) is 6.09. The standard InChI is InChI=1S/C14H24N4O/c1-3-8-19-14-10-16-9-13(17-14)18-7-5-4-6-12(18)11(2)15/h9-12H,3-8,15H2,1-2H3. The number of nitrogens with two attached hydrogens (primary N) is 1. The first-order valence-corrected chi connectivity index (χ1v) is 7.19. The van der Waals surface area contributed by atoms with Gasteiger partial charge in [0.15, 0.2) is 5.82 Å². The van der Waals surface area contributed by atoms with E-state index in [0.717, 1.165) is 25.2 Å². The Morgan fingerprint density at radius 3 is 3.05 bits per heavy atom. The highest BCUT2D eigenvalue weighted by Crippen LogP contribution is 2.25. The van der Waals surface area contributed by atoms with Gasteiger partial charge < -0.3 is 15.4 Å². The second kappa shape index (κ2) is 6.70. The molecule has 1 fully saturated rings. The molecule has 2 N–H and O–H groups in total. The Labute approximate surface area is 115 Å². The summed E-state index contributed by atoms with van der Waals surface area (Å²) in [6, 6.07) is 0.492. The van der Waals surface area contributed by atoms with Gasteiger partial charge in [-0.25, -0.2) is 0 Å². The summed E-state index contributed by atoms with van der Waals surface area (Å²) in [5.74, 6) is 1.49. The summed E-state index contributed by atoms with van der Waals surface area (Å²) in [6.07, 6.45) is 7.99. The first kappa shape index (κ1) is 14.1. The predicted molar refractivity (Wildman–Crippen MR) is 76.5 cm³/mol. The summed E-state index contributed by atoms with van der Waals surface area (Å²) in [4.78, 5) is 11.1. The first-order valence-electron chi connectivity index (χ1n) is 7.19. The Morgan fingerprint density at radius 1 is 1.47 bits per heavy atom. The smallest absolute Gasteiger partial charge is 0.234 e. The molecule has 1 aromatic heterocycles. The third-order valence-electron chi connectivity index (χ3n) is 3.50. The molecule has 2 unspecified atom stereocenters. The number of nitrogens with zero attached hydrogens (tertiary/aromatic N) is 3. The van der Waals surface area contributed by atoms with Gasteiger partial charge in [-0.05, 0) is 32.6 Å². The maximum Gasteiger partial charge on any atom is 0.234 e. The SMILES string of the molecule is CCCOc1cncc(N2CCCCC2C(C)N)n1. The number of ether oxygens (including phenoxy) is 1. The fraction of sp³-hybridized carbons (Fsp3) is 0.714. The first-order chi connectivity index (χ1) is 9.22. The van der Waals surface area contributed by atoms with Crippen molar-refractivity contribution in [1.82, 2.24) is 9.97 Å². The van der Waals surface area contributed by atoms with Crippen LogP contribution in [-0.2, 0) is 0 Å². The monoisotopic (exact) mass is 264 g/mol. The minimum Gasteiger partial charge on any atom is -0.477 e. The minimum atomic E-state index is 0.141. The largest absolute Gasteiger partial charge is 0.477 e. The lowest BCUT2D eigenvalue weighted by Gasteiger charge is -2.38. The molecular weight excluding hydrogens is 240 g/mol. The van der Waals surface area contributed by atoms with Crippen LogP contribution in [0.1, 0.15) is 39.5 Å². The second-order valence-electron chi connectivity index (χ2n) is 5.18. The van der Waals surface area contributed by atoms with Crippen LogP contribution in [-0.4, -0.2) is 35.2 Å². The quantitative estimate of drug-likeness (QED) is 0.881. The average Bonchev–Trinajstić information content (AvgIpc) is 2.45. The highest BCUT2D eigenvalue weighted by molar-refractivity contribution is 5.40. The van der Waals surface area contributed by atoms with Crippen molar-refractivity contribution in [3.63, 3.8) is 0 Å². The Balaban J connectivity index is 2.14. The van der Waals surface area contributed by atoms with Gasteiger partial charge in [0.1, 0.15) is 0 Å². The van der Waals surface area contributed by atoms with Crippen LogP contribution in [0.25, 0.3) is 0 Å². The fourth-order valence-corrected chi connectivity index (χ4v) is 2.54. The summed E-state index contributed by atoms with van der Waals surface area (Å²) >= 11 is 0. The zero-order valence-corrected chi connectivity index (χ0v) is 11.9. The minimum absolute atomic E-state index is 0.141. The number of rotatable bonds is 5. The molecule has 0 amide bonds. The van der Waals surface area contributed by atoms with Crippen molar-refractivity contribution in [2.75, 3.05) is 18.1 Å². The lowest BCUT2D eigenvalue weighted by molar-refractivity contribution is 0.303. The van der Waals surface area contributed by atoms with Crippen molar-refractivity contribution in [2.45, 2.75) is 51.6 Å². The van der Waals surface area contributed by atoms with Crippen LogP contribution in [0.15, 0.2) is 12.4 Å². The van der Waals surface area contributed by atoms with Gasteiger partial charge in [0.2, 0.25) is 5.88 Å². The van der Waals surface area contributed by atoms with Gasteiger partial charge in [0, 0.05) is 18.6 Å². The zero-order valence-electron chi connectivity index (χ0n) is 11.9. The van der Waals surface area contributed by atoms with E-state index in [9.17, 15) is 0 Å². The number of anilines is 1. The molecule has 0 aliphatic carbocycles. The van der Waals surface area contributed by atoms with Crippen molar-refractivity contribution in [2.24, 2.45) is 5.73 Å². The zero-order chi connectivity index (χ0) is 13.7. The van der Waals surface area contributed by atoms with E-state index in [1.54, 1.807) is 12.4 Å². The summed E-state index contributed by atoms with van der Waals surface area (Å²) < 4.78 is 5.55. The van der Waals surface area contributed by atoms with E-state index in [-0.39, 0.29) is 6.04 Å². The number of piperidine rings is 1. The number of hydrogen-bond acceptors (Lipinski definition) is 5. The lowest BCUT2D eigenvalue weighted by Crippen LogP contribution is -2.49. The van der Waals surface area contributed by atoms with Gasteiger partial charge in [-0.2, -0.15) is 4.98 Å². The maximum atomic E-state index is 6.09. The van der Waals surface area contributed by atoms with Crippen LogP contribution < -0.4 is 15.4 Å². The molecule has 1 aliphatic rings. The van der Waals surface area contributed by atoms with Crippen molar-refractivity contribution < 1.29 is 4.74 Å². The van der Waals surface area contributed by atoms with Crippen LogP contribution in [0.5, 0.6) is 5.88 Å². The molecule has 0 spiro atoms. The summed E-state index contributed by atoms with van der Waals surface area (Å²) in [5, 5.41) is 0. The van der Waals surface area contributed by atoms with Gasteiger partial charge in [-0.3, -0.25) is 4.98 Å². The Morgan fingerprint density at radius 2 is 2.32 bits per heavy atom. The van der Waals surface area contributed by atoms with Crippen LogP contribution in [0.4, 0.5) is 5.82 Å². The summed E-state index contributed by atoms with van der Waals surface area (Å²) in [6.45, 7) is 5.81. The van der Waals surface area contributed by atoms with Crippen LogP contribution in [0, 0.1) is 0 Å². The average molecular weight is 264 g/mol. The van der Waals surface area contributed by atoms with Crippen LogP contribution in [0.3, 0.4) is 0 Å². The highest BCUT2D eigenvalue weighted by Gasteiger charge is 2.26. The molecule has 19 heavy (non-hydrogen) atoms. The molecule has 1 aliphatic heterocycles. The van der Waals surface area contributed by atoms with E-state index in [1.165, 1.54) is 12.8 Å². The third-order valence-corrected chi connectivity index (χ3v) is 3.50. The highest BCUT2D eigenvalue weighted by atomic mass is 16.5. The Kier molecular flexibility index (Phi) is 4.96. The van der Waals surface area contributed by atoms with Crippen molar-refractivity contribution >= 4 is 5.82 Å². The van der Waals surface area contributed by atoms with Gasteiger partial charge in [0.25, 0.3) is 0 Å². The van der Waals surface area contributed by atoms with Crippen molar-refractivity contribution in [1.29, 1.82) is 0 Å². The van der Waals surface area contributed by atoms with E-state index in [2.05, 4.69) is 28.7 Å². The molecule has 2 rings (SSSR count). The molecule has 2 atom stereocenters. The summed E-state index contributed by atoms with van der Waals surface area (Å²) in [7, 11) is 0. The molecular formula is C14H24N4O. The Bertz CT molecular complexity index is 397. The molecule has 0 bridgehead atoms.